The van der Waals surface area contributed by atoms with Crippen molar-refractivity contribution in [3.8, 4) is 5.75 Å². The van der Waals surface area contributed by atoms with Gasteiger partial charge in [0.15, 0.2) is 0 Å². The van der Waals surface area contributed by atoms with Crippen LogP contribution in [0.3, 0.4) is 0 Å². The number of para-hydroxylation sites is 2. The van der Waals surface area contributed by atoms with Crippen molar-refractivity contribution in [1.29, 1.82) is 0 Å². The zero-order valence-corrected chi connectivity index (χ0v) is 10.8. The second-order valence-electron chi connectivity index (χ2n) is 4.57. The lowest BCUT2D eigenvalue weighted by atomic mass is 10.2. The molecule has 4 nitrogen and oxygen atoms in total. The van der Waals surface area contributed by atoms with Crippen molar-refractivity contribution in [2.24, 2.45) is 0 Å². The Morgan fingerprint density at radius 3 is 2.74 bits per heavy atom. The van der Waals surface area contributed by atoms with Crippen molar-refractivity contribution in [3.05, 3.63) is 48.4 Å². The molecule has 2 aromatic rings. The number of benzene rings is 1. The summed E-state index contributed by atoms with van der Waals surface area (Å²) in [7, 11) is 0. The predicted octanol–water partition coefficient (Wildman–Crippen LogP) is 2.27. The molecule has 0 spiro atoms. The minimum absolute atomic E-state index is 0.468. The second kappa shape index (κ2) is 5.80. The maximum absolute atomic E-state index is 5.88. The van der Waals surface area contributed by atoms with Gasteiger partial charge in [-0.1, -0.05) is 12.1 Å². The Hall–Kier alpha value is -1.94. The number of rotatable bonds is 4. The zero-order chi connectivity index (χ0) is 12.9. The number of hydrogen-bond donors (Lipinski definition) is 1. The van der Waals surface area contributed by atoms with E-state index in [1.165, 1.54) is 0 Å². The van der Waals surface area contributed by atoms with Gasteiger partial charge in [-0.15, -0.1) is 0 Å². The topological polar surface area (TPSA) is 37.6 Å². The molecule has 1 aromatic carbocycles. The van der Waals surface area contributed by atoms with E-state index < -0.39 is 0 Å². The normalized spacial score (nSPS) is 15.5. The average Bonchev–Trinajstić information content (AvgIpc) is 3.00. The fourth-order valence-corrected chi connectivity index (χ4v) is 2.29. The minimum atomic E-state index is 0.468. The van der Waals surface area contributed by atoms with E-state index in [-0.39, 0.29) is 0 Å². The van der Waals surface area contributed by atoms with Crippen molar-refractivity contribution in [3.63, 3.8) is 0 Å². The van der Waals surface area contributed by atoms with E-state index in [0.29, 0.717) is 6.61 Å². The largest absolute Gasteiger partial charge is 0.483 e. The van der Waals surface area contributed by atoms with E-state index in [0.717, 1.165) is 43.4 Å². The lowest BCUT2D eigenvalue weighted by Crippen LogP contribution is -2.43. The zero-order valence-electron chi connectivity index (χ0n) is 10.8. The van der Waals surface area contributed by atoms with E-state index >= 15 is 0 Å². The highest BCUT2D eigenvalue weighted by molar-refractivity contribution is 5.58. The van der Waals surface area contributed by atoms with E-state index in [1.54, 1.807) is 6.26 Å². The SMILES string of the molecule is c1coc(COc2ccccc2N2CCNCC2)c1. The Labute approximate surface area is 113 Å². The van der Waals surface area contributed by atoms with Gasteiger partial charge in [0.2, 0.25) is 0 Å². The van der Waals surface area contributed by atoms with Crippen LogP contribution in [-0.2, 0) is 6.61 Å². The first-order valence-corrected chi connectivity index (χ1v) is 6.63. The first kappa shape index (κ1) is 12.1. The molecule has 4 heteroatoms. The van der Waals surface area contributed by atoms with Gasteiger partial charge in [-0.3, -0.25) is 0 Å². The molecule has 0 radical (unpaired) electrons. The van der Waals surface area contributed by atoms with Gasteiger partial charge in [0.1, 0.15) is 18.1 Å². The molecule has 1 N–H and O–H groups in total. The second-order valence-corrected chi connectivity index (χ2v) is 4.57. The van der Waals surface area contributed by atoms with Gasteiger partial charge in [0, 0.05) is 26.2 Å². The molecular formula is C15H18N2O2. The van der Waals surface area contributed by atoms with Crippen molar-refractivity contribution in [2.75, 3.05) is 31.1 Å². The molecule has 100 valence electrons. The molecule has 1 fully saturated rings. The standard InChI is InChI=1S/C15H18N2O2/c1-2-6-15(19-12-13-4-3-11-18-13)14(5-1)17-9-7-16-8-10-17/h1-6,11,16H,7-10,12H2. The maximum atomic E-state index is 5.88. The number of ether oxygens (including phenoxy) is 1. The predicted molar refractivity (Wildman–Crippen MR) is 74.6 cm³/mol. The van der Waals surface area contributed by atoms with Crippen LogP contribution < -0.4 is 15.0 Å². The third kappa shape index (κ3) is 2.90. The first-order valence-electron chi connectivity index (χ1n) is 6.63. The number of anilines is 1. The summed E-state index contributed by atoms with van der Waals surface area (Å²) >= 11 is 0. The smallest absolute Gasteiger partial charge is 0.146 e. The molecule has 1 aliphatic heterocycles. The van der Waals surface area contributed by atoms with Crippen LogP contribution in [0.1, 0.15) is 5.76 Å². The fourth-order valence-electron chi connectivity index (χ4n) is 2.29. The van der Waals surface area contributed by atoms with Gasteiger partial charge in [-0.05, 0) is 24.3 Å². The third-order valence-electron chi connectivity index (χ3n) is 3.27. The molecule has 1 aromatic heterocycles. The minimum Gasteiger partial charge on any atom is -0.483 e. The van der Waals surface area contributed by atoms with Crippen LogP contribution in [0.5, 0.6) is 5.75 Å². The summed E-state index contributed by atoms with van der Waals surface area (Å²) in [4.78, 5) is 2.36. The molecule has 1 aliphatic rings. The van der Waals surface area contributed by atoms with Crippen LogP contribution in [0.15, 0.2) is 47.1 Å². The van der Waals surface area contributed by atoms with Crippen LogP contribution in [0.25, 0.3) is 0 Å². The summed E-state index contributed by atoms with van der Waals surface area (Å²) in [6.07, 6.45) is 1.67. The van der Waals surface area contributed by atoms with Crippen molar-refractivity contribution in [1.82, 2.24) is 5.32 Å². The molecule has 0 amide bonds. The van der Waals surface area contributed by atoms with Crippen LogP contribution in [-0.4, -0.2) is 26.2 Å². The number of nitrogens with one attached hydrogen (secondary N) is 1. The summed E-state index contributed by atoms with van der Waals surface area (Å²) in [6.45, 7) is 4.54. The van der Waals surface area contributed by atoms with Crippen LogP contribution >= 0.6 is 0 Å². The van der Waals surface area contributed by atoms with Crippen LogP contribution in [0.4, 0.5) is 5.69 Å². The van der Waals surface area contributed by atoms with E-state index in [9.17, 15) is 0 Å². The lowest BCUT2D eigenvalue weighted by Gasteiger charge is -2.30. The van der Waals surface area contributed by atoms with Gasteiger partial charge < -0.3 is 19.4 Å². The monoisotopic (exact) mass is 258 g/mol. The van der Waals surface area contributed by atoms with E-state index in [1.807, 2.05) is 24.3 Å². The highest BCUT2D eigenvalue weighted by atomic mass is 16.5. The van der Waals surface area contributed by atoms with Gasteiger partial charge >= 0.3 is 0 Å². The summed E-state index contributed by atoms with van der Waals surface area (Å²) in [5.41, 5.74) is 1.16. The summed E-state index contributed by atoms with van der Waals surface area (Å²) in [6, 6.07) is 12.0. The Morgan fingerprint density at radius 2 is 1.95 bits per heavy atom. The lowest BCUT2D eigenvalue weighted by molar-refractivity contribution is 0.270. The molecule has 0 atom stereocenters. The molecule has 19 heavy (non-hydrogen) atoms. The number of nitrogens with zero attached hydrogens (tertiary/aromatic N) is 1. The Bertz CT molecular complexity index is 505. The fraction of sp³-hybridized carbons (Fsp3) is 0.333. The van der Waals surface area contributed by atoms with Gasteiger partial charge in [-0.2, -0.15) is 0 Å². The molecular weight excluding hydrogens is 240 g/mol. The third-order valence-corrected chi connectivity index (χ3v) is 3.27. The van der Waals surface area contributed by atoms with E-state index in [2.05, 4.69) is 22.3 Å². The van der Waals surface area contributed by atoms with Crippen molar-refractivity contribution < 1.29 is 9.15 Å². The van der Waals surface area contributed by atoms with Gasteiger partial charge in [0.05, 0.1) is 12.0 Å². The number of hydrogen-bond acceptors (Lipinski definition) is 4. The first-order chi connectivity index (χ1) is 9.43. The van der Waals surface area contributed by atoms with Crippen molar-refractivity contribution in [2.45, 2.75) is 6.61 Å². The summed E-state index contributed by atoms with van der Waals surface area (Å²) in [5, 5.41) is 3.36. The molecule has 3 rings (SSSR count). The van der Waals surface area contributed by atoms with E-state index in [4.69, 9.17) is 9.15 Å². The number of piperazine rings is 1. The van der Waals surface area contributed by atoms with Crippen LogP contribution in [0.2, 0.25) is 0 Å². The highest BCUT2D eigenvalue weighted by Crippen LogP contribution is 2.28. The summed E-state index contributed by atoms with van der Waals surface area (Å²) < 4.78 is 11.2. The quantitative estimate of drug-likeness (QED) is 0.913. The Balaban J connectivity index is 1.73. The summed E-state index contributed by atoms with van der Waals surface area (Å²) in [5.74, 6) is 1.76. The van der Waals surface area contributed by atoms with Gasteiger partial charge in [0.25, 0.3) is 0 Å². The number of furan rings is 1. The molecule has 0 unspecified atom stereocenters. The molecule has 0 saturated carbocycles. The molecule has 1 saturated heterocycles. The maximum Gasteiger partial charge on any atom is 0.146 e. The highest BCUT2D eigenvalue weighted by Gasteiger charge is 2.14. The Morgan fingerprint density at radius 1 is 1.11 bits per heavy atom. The molecule has 0 aliphatic carbocycles. The van der Waals surface area contributed by atoms with Gasteiger partial charge in [-0.25, -0.2) is 0 Å². The molecule has 0 bridgehead atoms. The average molecular weight is 258 g/mol. The van der Waals surface area contributed by atoms with Crippen LogP contribution in [0, 0.1) is 0 Å². The Kier molecular flexibility index (Phi) is 3.70. The molecule has 2 heterocycles. The van der Waals surface area contributed by atoms with Crippen molar-refractivity contribution >= 4 is 5.69 Å².